The van der Waals surface area contributed by atoms with Crippen LogP contribution in [0, 0.1) is 5.92 Å². The summed E-state index contributed by atoms with van der Waals surface area (Å²) in [7, 11) is 0. The van der Waals surface area contributed by atoms with Crippen molar-refractivity contribution < 1.29 is 9.18 Å². The minimum absolute atomic E-state index is 0.137. The molecule has 0 unspecified atom stereocenters. The van der Waals surface area contributed by atoms with Crippen LogP contribution in [0.25, 0.3) is 28.3 Å². The highest BCUT2D eigenvalue weighted by molar-refractivity contribution is 6.05. The molecule has 1 aliphatic carbocycles. The highest BCUT2D eigenvalue weighted by Crippen LogP contribution is 2.35. The Morgan fingerprint density at radius 2 is 1.86 bits per heavy atom. The number of hydrogen-bond acceptors (Lipinski definition) is 5. The molecule has 0 bridgehead atoms. The Labute approximate surface area is 209 Å². The van der Waals surface area contributed by atoms with E-state index >= 15 is 0 Å². The third kappa shape index (κ3) is 3.94. The van der Waals surface area contributed by atoms with Gasteiger partial charge in [-0.3, -0.25) is 19.2 Å². The van der Waals surface area contributed by atoms with Gasteiger partial charge in [0.25, 0.3) is 5.91 Å². The lowest BCUT2D eigenvalue weighted by Crippen LogP contribution is -2.57. The average molecular weight is 485 g/mol. The number of aromatic nitrogens is 5. The number of fused-ring (bicyclic) bond motifs is 1. The van der Waals surface area contributed by atoms with Gasteiger partial charge in [-0.15, -0.1) is 0 Å². The van der Waals surface area contributed by atoms with Crippen molar-refractivity contribution in [1.82, 2.24) is 29.5 Å². The summed E-state index contributed by atoms with van der Waals surface area (Å²) >= 11 is 0. The molecule has 2 fully saturated rings. The monoisotopic (exact) mass is 484 g/mol. The van der Waals surface area contributed by atoms with Crippen molar-refractivity contribution in [3.63, 3.8) is 0 Å². The number of amides is 1. The van der Waals surface area contributed by atoms with Crippen LogP contribution >= 0.6 is 0 Å². The van der Waals surface area contributed by atoms with Crippen molar-refractivity contribution in [2.45, 2.75) is 51.0 Å². The molecule has 0 N–H and O–H groups in total. The molecule has 0 spiro atoms. The van der Waals surface area contributed by atoms with Gasteiger partial charge in [0.05, 0.1) is 18.6 Å². The maximum Gasteiger partial charge on any atom is 0.260 e. The average Bonchev–Trinajstić information content (AvgIpc) is 3.32. The summed E-state index contributed by atoms with van der Waals surface area (Å²) < 4.78 is 14.9. The number of rotatable bonds is 5. The normalized spacial score (nSPS) is 20.4. The fraction of sp³-hybridized carbons (Fsp3) is 0.393. The molecule has 0 radical (unpaired) electrons. The zero-order valence-electron chi connectivity index (χ0n) is 20.3. The molecule has 1 aromatic carbocycles. The van der Waals surface area contributed by atoms with Crippen LogP contribution in [0.4, 0.5) is 4.39 Å². The quantitative estimate of drug-likeness (QED) is 0.383. The van der Waals surface area contributed by atoms with E-state index in [1.165, 1.54) is 37.7 Å². The number of benzene rings is 1. The summed E-state index contributed by atoms with van der Waals surface area (Å²) in [6.07, 6.45) is 13.0. The van der Waals surface area contributed by atoms with Gasteiger partial charge in [-0.2, -0.15) is 5.10 Å². The van der Waals surface area contributed by atoms with Gasteiger partial charge in [-0.25, -0.2) is 9.50 Å². The summed E-state index contributed by atoms with van der Waals surface area (Å²) in [5.74, 6) is 0.297. The predicted molar refractivity (Wildman–Crippen MR) is 135 cm³/mol. The second kappa shape index (κ2) is 9.41. The molecule has 184 valence electrons. The van der Waals surface area contributed by atoms with E-state index in [0.717, 1.165) is 11.3 Å². The van der Waals surface area contributed by atoms with Crippen LogP contribution in [0.5, 0.6) is 0 Å². The lowest BCUT2D eigenvalue weighted by Gasteiger charge is -2.45. The van der Waals surface area contributed by atoms with Gasteiger partial charge in [-0.1, -0.05) is 43.5 Å². The molecule has 1 aliphatic heterocycles. The van der Waals surface area contributed by atoms with Crippen LogP contribution in [0.1, 0.15) is 60.9 Å². The van der Waals surface area contributed by atoms with Crippen molar-refractivity contribution in [3.8, 4) is 22.6 Å². The van der Waals surface area contributed by atoms with E-state index in [1.54, 1.807) is 28.0 Å². The zero-order valence-corrected chi connectivity index (χ0v) is 20.3. The number of hydrogen-bond donors (Lipinski definition) is 0. The molecular weight excluding hydrogens is 455 g/mol. The summed E-state index contributed by atoms with van der Waals surface area (Å²) in [6, 6.07) is 10.4. The molecule has 4 heterocycles. The Bertz CT molecular complexity index is 1380. The van der Waals surface area contributed by atoms with Gasteiger partial charge in [0, 0.05) is 42.7 Å². The lowest BCUT2D eigenvalue weighted by molar-refractivity contribution is 0.0142. The topological polar surface area (TPSA) is 76.3 Å². The molecule has 6 rings (SSSR count). The first-order chi connectivity index (χ1) is 17.6. The van der Waals surface area contributed by atoms with Gasteiger partial charge in [0.1, 0.15) is 17.0 Å². The van der Waals surface area contributed by atoms with Crippen LogP contribution in [0.3, 0.4) is 0 Å². The van der Waals surface area contributed by atoms with E-state index in [-0.39, 0.29) is 17.9 Å². The molecule has 4 aromatic rings. The Balaban J connectivity index is 1.40. The lowest BCUT2D eigenvalue weighted by atomic mass is 9.84. The first kappa shape index (κ1) is 22.8. The summed E-state index contributed by atoms with van der Waals surface area (Å²) in [6.45, 7) is 1.83. The number of carbonyl (C=O) groups is 1. The Morgan fingerprint density at radius 3 is 2.56 bits per heavy atom. The van der Waals surface area contributed by atoms with Crippen LogP contribution < -0.4 is 0 Å². The number of alkyl halides is 1. The maximum absolute atomic E-state index is 13.7. The first-order valence-corrected chi connectivity index (χ1v) is 12.8. The van der Waals surface area contributed by atoms with E-state index in [4.69, 9.17) is 4.98 Å². The summed E-state index contributed by atoms with van der Waals surface area (Å²) in [5, 5.41) is 4.65. The van der Waals surface area contributed by atoms with Gasteiger partial charge >= 0.3 is 0 Å². The Kier molecular flexibility index (Phi) is 5.95. The number of carbonyl (C=O) groups excluding carboxylic acids is 1. The van der Waals surface area contributed by atoms with Gasteiger partial charge in [0.15, 0.2) is 5.65 Å². The van der Waals surface area contributed by atoms with Crippen molar-refractivity contribution in [3.05, 3.63) is 66.2 Å². The highest BCUT2D eigenvalue weighted by Gasteiger charge is 2.41. The highest BCUT2D eigenvalue weighted by atomic mass is 19.1. The van der Waals surface area contributed by atoms with Crippen molar-refractivity contribution >= 4 is 11.6 Å². The molecular formula is C28H29FN6O. The molecule has 7 nitrogen and oxygen atoms in total. The van der Waals surface area contributed by atoms with E-state index in [9.17, 15) is 9.18 Å². The molecule has 1 saturated heterocycles. The first-order valence-electron chi connectivity index (χ1n) is 12.8. The fourth-order valence-electron chi connectivity index (χ4n) is 5.53. The smallest absolute Gasteiger partial charge is 0.260 e. The number of likely N-dealkylation sites (tertiary alicyclic amines) is 1. The molecule has 2 atom stereocenters. The van der Waals surface area contributed by atoms with Gasteiger partial charge < -0.3 is 4.90 Å². The molecule has 8 heteroatoms. The van der Waals surface area contributed by atoms with Crippen LogP contribution in [0.2, 0.25) is 0 Å². The second-order valence-corrected chi connectivity index (χ2v) is 9.96. The van der Waals surface area contributed by atoms with Crippen LogP contribution in [-0.2, 0) is 0 Å². The fourth-order valence-corrected chi connectivity index (χ4v) is 5.53. The van der Waals surface area contributed by atoms with E-state index in [2.05, 4.69) is 39.3 Å². The Morgan fingerprint density at radius 1 is 1.06 bits per heavy atom. The minimum Gasteiger partial charge on any atom is -0.335 e. The predicted octanol–water partition coefficient (Wildman–Crippen LogP) is 5.33. The van der Waals surface area contributed by atoms with Crippen LogP contribution in [0.15, 0.2) is 55.1 Å². The molecule has 2 aliphatic rings. The number of nitrogens with zero attached hydrogens (tertiary/aromatic N) is 6. The third-order valence-corrected chi connectivity index (χ3v) is 7.85. The molecule has 1 amide bonds. The summed E-state index contributed by atoms with van der Waals surface area (Å²) in [4.78, 5) is 28.8. The Hall–Kier alpha value is -3.68. The molecule has 1 saturated carbocycles. The third-order valence-electron chi connectivity index (χ3n) is 7.85. The zero-order chi connectivity index (χ0) is 24.6. The standard InChI is InChI=1S/C28H29FN6O/c1-18-22(15-29)17-34(18)28(36)25-26(24-16-30-12-13-31-24)33-35-14-11-23(32-27(25)35)21-9-7-20(8-10-21)19-5-3-2-4-6-19/h7-14,16,18-19,22H,2-6,15,17H2,1H3/t18-,22-/m0/s1. The summed E-state index contributed by atoms with van der Waals surface area (Å²) in [5.41, 5.74) is 4.93. The van der Waals surface area contributed by atoms with E-state index in [1.807, 2.05) is 19.2 Å². The maximum atomic E-state index is 13.7. The van der Waals surface area contributed by atoms with Crippen molar-refractivity contribution in [2.24, 2.45) is 5.92 Å². The van der Waals surface area contributed by atoms with Crippen LogP contribution in [-0.4, -0.2) is 54.6 Å². The molecule has 3 aromatic heterocycles. The van der Waals surface area contributed by atoms with Gasteiger partial charge in [-0.05, 0) is 37.3 Å². The number of halogens is 1. The SMILES string of the molecule is C[C@H]1[C@@H](CF)CN1C(=O)c1c(-c2cnccn2)nn2ccc(-c3ccc(C4CCCCC4)cc3)nc12. The van der Waals surface area contributed by atoms with Crippen molar-refractivity contribution in [1.29, 1.82) is 0 Å². The second-order valence-electron chi connectivity index (χ2n) is 9.96. The minimum atomic E-state index is -0.435. The van der Waals surface area contributed by atoms with Gasteiger partial charge in [0.2, 0.25) is 0 Å². The van der Waals surface area contributed by atoms with Crippen molar-refractivity contribution in [2.75, 3.05) is 13.2 Å². The van der Waals surface area contributed by atoms with E-state index < -0.39 is 6.67 Å². The largest absolute Gasteiger partial charge is 0.335 e. The molecule has 36 heavy (non-hydrogen) atoms. The van der Waals surface area contributed by atoms with E-state index in [0.29, 0.717) is 35.1 Å².